The molecule has 168 valence electrons. The summed E-state index contributed by atoms with van der Waals surface area (Å²) in [6, 6.07) is 11.3. The predicted octanol–water partition coefficient (Wildman–Crippen LogP) is 3.54. The van der Waals surface area contributed by atoms with Gasteiger partial charge in [-0.05, 0) is 76.3 Å². The summed E-state index contributed by atoms with van der Waals surface area (Å²) in [6.45, 7) is 10.1. The van der Waals surface area contributed by atoms with E-state index in [0.717, 1.165) is 63.4 Å². The van der Waals surface area contributed by atoms with Crippen LogP contribution in [0, 0.1) is 12.8 Å². The van der Waals surface area contributed by atoms with Crippen LogP contribution in [0.1, 0.15) is 55.2 Å². The number of benzene rings is 1. The van der Waals surface area contributed by atoms with Gasteiger partial charge in [0.05, 0.1) is 12.2 Å². The quantitative estimate of drug-likeness (QED) is 0.737. The molecule has 1 aromatic carbocycles. The highest BCUT2D eigenvalue weighted by Gasteiger charge is 2.30. The molecule has 0 saturated carbocycles. The topological polar surface area (TPSA) is 61.6 Å². The fourth-order valence-electron chi connectivity index (χ4n) is 4.92. The van der Waals surface area contributed by atoms with E-state index in [2.05, 4.69) is 51.5 Å². The molecule has 31 heavy (non-hydrogen) atoms. The summed E-state index contributed by atoms with van der Waals surface area (Å²) in [5, 5.41) is 7.02. The summed E-state index contributed by atoms with van der Waals surface area (Å²) in [5.41, 5.74) is 3.77. The largest absolute Gasteiger partial charge is 0.359 e. The fourth-order valence-corrected chi connectivity index (χ4v) is 4.92. The second kappa shape index (κ2) is 10.4. The van der Waals surface area contributed by atoms with E-state index in [0.29, 0.717) is 12.6 Å². The van der Waals surface area contributed by atoms with Gasteiger partial charge < -0.3 is 14.7 Å². The Morgan fingerprint density at radius 2 is 1.87 bits per heavy atom. The minimum absolute atomic E-state index is 0.117. The lowest BCUT2D eigenvalue weighted by Gasteiger charge is -2.41. The van der Waals surface area contributed by atoms with Crippen LogP contribution < -0.4 is 5.32 Å². The Morgan fingerprint density at radius 3 is 2.55 bits per heavy atom. The first-order chi connectivity index (χ1) is 15.1. The number of likely N-dealkylation sites (tertiary alicyclic amines) is 2. The van der Waals surface area contributed by atoms with E-state index >= 15 is 0 Å². The Morgan fingerprint density at radius 1 is 1.13 bits per heavy atom. The summed E-state index contributed by atoms with van der Waals surface area (Å²) >= 11 is 0. The van der Waals surface area contributed by atoms with Gasteiger partial charge in [0.2, 0.25) is 5.91 Å². The molecular formula is C25H36N4O2. The number of carbonyl (C=O) groups excluding carboxylic acids is 1. The van der Waals surface area contributed by atoms with Crippen molar-refractivity contribution in [2.45, 2.75) is 65.1 Å². The zero-order chi connectivity index (χ0) is 21.6. The maximum Gasteiger partial charge on any atom is 0.223 e. The van der Waals surface area contributed by atoms with Gasteiger partial charge in [0, 0.05) is 24.6 Å². The van der Waals surface area contributed by atoms with Gasteiger partial charge in [-0.3, -0.25) is 9.69 Å². The zero-order valence-electron chi connectivity index (χ0n) is 19.0. The van der Waals surface area contributed by atoms with Crippen LogP contribution in [0.25, 0.3) is 0 Å². The maximum absolute atomic E-state index is 12.6. The molecule has 1 aromatic heterocycles. The van der Waals surface area contributed by atoms with E-state index in [4.69, 9.17) is 4.52 Å². The van der Waals surface area contributed by atoms with Gasteiger partial charge in [0.15, 0.2) is 5.76 Å². The Labute approximate surface area is 186 Å². The van der Waals surface area contributed by atoms with Crippen LogP contribution in [-0.2, 0) is 24.3 Å². The Bertz CT molecular complexity index is 849. The van der Waals surface area contributed by atoms with E-state index in [-0.39, 0.29) is 11.8 Å². The summed E-state index contributed by atoms with van der Waals surface area (Å²) in [7, 11) is 0. The van der Waals surface area contributed by atoms with Crippen molar-refractivity contribution in [1.29, 1.82) is 0 Å². The Kier molecular flexibility index (Phi) is 7.41. The summed E-state index contributed by atoms with van der Waals surface area (Å²) in [4.78, 5) is 17.8. The lowest BCUT2D eigenvalue weighted by atomic mass is 9.92. The summed E-state index contributed by atoms with van der Waals surface area (Å²) < 4.78 is 5.27. The number of amides is 1. The van der Waals surface area contributed by atoms with Gasteiger partial charge in [-0.25, -0.2) is 0 Å². The molecule has 0 aliphatic carbocycles. The number of hydrogen-bond acceptors (Lipinski definition) is 5. The molecule has 0 bridgehead atoms. The summed E-state index contributed by atoms with van der Waals surface area (Å²) in [6.07, 6.45) is 5.21. The van der Waals surface area contributed by atoms with E-state index in [9.17, 15) is 4.79 Å². The molecule has 1 N–H and O–H groups in total. The maximum atomic E-state index is 12.6. The van der Waals surface area contributed by atoms with Crippen LogP contribution in [0.2, 0.25) is 0 Å². The number of aromatic nitrogens is 1. The van der Waals surface area contributed by atoms with Crippen molar-refractivity contribution in [3.63, 3.8) is 0 Å². The van der Waals surface area contributed by atoms with Crippen molar-refractivity contribution < 1.29 is 9.32 Å². The van der Waals surface area contributed by atoms with Gasteiger partial charge in [0.25, 0.3) is 0 Å². The second-order valence-electron chi connectivity index (χ2n) is 9.10. The number of carbonyl (C=O) groups is 1. The molecule has 2 saturated heterocycles. The molecule has 6 nitrogen and oxygen atoms in total. The van der Waals surface area contributed by atoms with Crippen molar-refractivity contribution in [1.82, 2.24) is 20.3 Å². The van der Waals surface area contributed by atoms with Crippen molar-refractivity contribution in [2.75, 3.05) is 26.2 Å². The normalized spacial score (nSPS) is 19.5. The minimum Gasteiger partial charge on any atom is -0.359 e. The fraction of sp³-hybridized carbons (Fsp3) is 0.600. The van der Waals surface area contributed by atoms with Crippen LogP contribution in [0.3, 0.4) is 0 Å². The number of piperidine rings is 2. The molecule has 1 amide bonds. The molecule has 2 aliphatic heterocycles. The van der Waals surface area contributed by atoms with Gasteiger partial charge >= 0.3 is 0 Å². The van der Waals surface area contributed by atoms with Crippen molar-refractivity contribution in [3.05, 3.63) is 52.9 Å². The first-order valence-corrected chi connectivity index (χ1v) is 11.9. The van der Waals surface area contributed by atoms with Gasteiger partial charge in [-0.1, -0.05) is 36.3 Å². The van der Waals surface area contributed by atoms with E-state index < -0.39 is 0 Å². The highest BCUT2D eigenvalue weighted by atomic mass is 16.5. The smallest absolute Gasteiger partial charge is 0.223 e. The molecular weight excluding hydrogens is 388 g/mol. The molecule has 0 unspecified atom stereocenters. The SMILES string of the molecule is CCc1cc(CNC(=O)C2CCN(C3CCN(Cc4ccccc4C)CC3)CC2)on1. The first-order valence-electron chi connectivity index (χ1n) is 11.9. The lowest BCUT2D eigenvalue weighted by molar-refractivity contribution is -0.127. The molecule has 2 fully saturated rings. The third-order valence-electron chi connectivity index (χ3n) is 7.04. The third kappa shape index (κ3) is 5.74. The number of aryl methyl sites for hydroxylation is 2. The molecule has 6 heteroatoms. The number of hydrogen-bond donors (Lipinski definition) is 1. The van der Waals surface area contributed by atoms with E-state index in [1.807, 2.05) is 13.0 Å². The zero-order valence-corrected chi connectivity index (χ0v) is 19.0. The second-order valence-corrected chi connectivity index (χ2v) is 9.10. The van der Waals surface area contributed by atoms with Crippen LogP contribution >= 0.6 is 0 Å². The Balaban J connectivity index is 1.17. The molecule has 3 heterocycles. The molecule has 0 spiro atoms. The predicted molar refractivity (Wildman–Crippen MR) is 122 cm³/mol. The highest BCUT2D eigenvalue weighted by Crippen LogP contribution is 2.25. The number of rotatable bonds is 7. The van der Waals surface area contributed by atoms with Crippen molar-refractivity contribution >= 4 is 5.91 Å². The van der Waals surface area contributed by atoms with Gasteiger partial charge in [-0.2, -0.15) is 0 Å². The first kappa shape index (κ1) is 22.0. The van der Waals surface area contributed by atoms with Crippen LogP contribution in [0.5, 0.6) is 0 Å². The molecule has 2 aromatic rings. The average molecular weight is 425 g/mol. The minimum atomic E-state index is 0.117. The van der Waals surface area contributed by atoms with Gasteiger partial charge in [0.1, 0.15) is 0 Å². The Hall–Kier alpha value is -2.18. The van der Waals surface area contributed by atoms with Crippen molar-refractivity contribution in [3.8, 4) is 0 Å². The van der Waals surface area contributed by atoms with Crippen LogP contribution in [0.4, 0.5) is 0 Å². The van der Waals surface area contributed by atoms with Gasteiger partial charge in [-0.15, -0.1) is 0 Å². The molecule has 0 atom stereocenters. The molecule has 4 rings (SSSR count). The summed E-state index contributed by atoms with van der Waals surface area (Å²) in [5.74, 6) is 1.01. The van der Waals surface area contributed by atoms with Crippen LogP contribution in [0.15, 0.2) is 34.9 Å². The monoisotopic (exact) mass is 424 g/mol. The third-order valence-corrected chi connectivity index (χ3v) is 7.04. The highest BCUT2D eigenvalue weighted by molar-refractivity contribution is 5.78. The van der Waals surface area contributed by atoms with Crippen LogP contribution in [-0.4, -0.2) is 53.1 Å². The average Bonchev–Trinajstić information content (AvgIpc) is 3.28. The standard InChI is InChI=1S/C25H36N4O2/c1-3-22-16-24(31-27-22)17-26-25(30)20-8-14-29(15-9-20)23-10-12-28(13-11-23)18-21-7-5-4-6-19(21)2/h4-7,16,20,23H,3,8-15,17-18H2,1-2H3,(H,26,30). The van der Waals surface area contributed by atoms with E-state index in [1.54, 1.807) is 0 Å². The number of nitrogens with zero attached hydrogens (tertiary/aromatic N) is 3. The van der Waals surface area contributed by atoms with Crippen molar-refractivity contribution in [2.24, 2.45) is 5.92 Å². The lowest BCUT2D eigenvalue weighted by Crippen LogP contribution is -2.49. The number of nitrogens with one attached hydrogen (secondary N) is 1. The van der Waals surface area contributed by atoms with E-state index in [1.165, 1.54) is 24.0 Å². The molecule has 0 radical (unpaired) electrons. The molecule has 2 aliphatic rings.